The molecule has 0 aliphatic carbocycles. The van der Waals surface area contributed by atoms with Gasteiger partial charge in [-0.1, -0.05) is 19.0 Å². The van der Waals surface area contributed by atoms with Crippen molar-refractivity contribution in [1.82, 2.24) is 10.3 Å². The fourth-order valence-electron chi connectivity index (χ4n) is 1.50. The summed E-state index contributed by atoms with van der Waals surface area (Å²) in [6.45, 7) is 6.05. The number of carbonyl (C=O) groups is 1. The number of oxime groups is 1. The van der Waals surface area contributed by atoms with Crippen LogP contribution >= 0.6 is 0 Å². The molecule has 1 aromatic rings. The maximum absolute atomic E-state index is 12.0. The summed E-state index contributed by atoms with van der Waals surface area (Å²) in [5, 5.41) is 14.4. The average Bonchev–Trinajstić information content (AvgIpc) is 2.46. The Kier molecular flexibility index (Phi) is 4.86. The third-order valence-corrected chi connectivity index (χ3v) is 3.38. The molecule has 0 fully saturated rings. The van der Waals surface area contributed by atoms with Crippen molar-refractivity contribution in [2.45, 2.75) is 39.2 Å². The standard InChI is InChI=1S/C13H20N4O2/c1-4-13(3,5-2)16-12(18)10-7-6-9(8-15-10)11(14)17-19/h6-8,19H,4-5H2,1-3H3,(H2,14,17)(H,16,18). The van der Waals surface area contributed by atoms with E-state index in [1.165, 1.54) is 6.20 Å². The Morgan fingerprint density at radius 3 is 2.53 bits per heavy atom. The third kappa shape index (κ3) is 3.67. The number of nitrogens with zero attached hydrogens (tertiary/aromatic N) is 2. The number of nitrogens with two attached hydrogens (primary N) is 1. The van der Waals surface area contributed by atoms with Crippen molar-refractivity contribution in [1.29, 1.82) is 0 Å². The highest BCUT2D eigenvalue weighted by molar-refractivity contribution is 5.98. The largest absolute Gasteiger partial charge is 0.409 e. The fraction of sp³-hybridized carbons (Fsp3) is 0.462. The lowest BCUT2D eigenvalue weighted by molar-refractivity contribution is 0.0896. The summed E-state index contributed by atoms with van der Waals surface area (Å²) in [6.07, 6.45) is 3.09. The number of nitrogens with one attached hydrogen (secondary N) is 1. The van der Waals surface area contributed by atoms with E-state index >= 15 is 0 Å². The zero-order valence-corrected chi connectivity index (χ0v) is 11.5. The zero-order chi connectivity index (χ0) is 14.5. The summed E-state index contributed by atoms with van der Waals surface area (Å²) in [4.78, 5) is 16.1. The second kappa shape index (κ2) is 6.17. The van der Waals surface area contributed by atoms with E-state index in [2.05, 4.69) is 15.5 Å². The molecule has 19 heavy (non-hydrogen) atoms. The predicted octanol–water partition coefficient (Wildman–Crippen LogP) is 1.48. The highest BCUT2D eigenvalue weighted by Crippen LogP contribution is 2.14. The monoisotopic (exact) mass is 264 g/mol. The fourth-order valence-corrected chi connectivity index (χ4v) is 1.50. The van der Waals surface area contributed by atoms with Gasteiger partial charge in [0.15, 0.2) is 5.84 Å². The minimum atomic E-state index is -0.233. The summed E-state index contributed by atoms with van der Waals surface area (Å²) >= 11 is 0. The topological polar surface area (TPSA) is 101 Å². The smallest absolute Gasteiger partial charge is 0.270 e. The molecular weight excluding hydrogens is 244 g/mol. The number of amidine groups is 1. The van der Waals surface area contributed by atoms with Gasteiger partial charge in [-0.25, -0.2) is 0 Å². The van der Waals surface area contributed by atoms with Crippen LogP contribution in [0.3, 0.4) is 0 Å². The molecule has 0 spiro atoms. The van der Waals surface area contributed by atoms with Crippen LogP contribution in [0.15, 0.2) is 23.5 Å². The average molecular weight is 264 g/mol. The van der Waals surface area contributed by atoms with E-state index in [1.807, 2.05) is 20.8 Å². The van der Waals surface area contributed by atoms with Crippen LogP contribution in [0.1, 0.15) is 49.7 Å². The van der Waals surface area contributed by atoms with Gasteiger partial charge < -0.3 is 16.3 Å². The molecule has 0 aromatic carbocycles. The van der Waals surface area contributed by atoms with Crippen molar-refractivity contribution < 1.29 is 10.0 Å². The number of pyridine rings is 1. The van der Waals surface area contributed by atoms with Gasteiger partial charge in [-0.15, -0.1) is 0 Å². The van der Waals surface area contributed by atoms with E-state index in [4.69, 9.17) is 10.9 Å². The molecule has 0 saturated carbocycles. The molecule has 0 aliphatic rings. The molecule has 0 bridgehead atoms. The number of hydrogen-bond donors (Lipinski definition) is 3. The van der Waals surface area contributed by atoms with Crippen LogP contribution in [0, 0.1) is 0 Å². The van der Waals surface area contributed by atoms with Gasteiger partial charge in [-0.2, -0.15) is 0 Å². The van der Waals surface area contributed by atoms with Crippen molar-refractivity contribution in [2.24, 2.45) is 10.9 Å². The Hall–Kier alpha value is -2.11. The Balaban J connectivity index is 2.84. The Morgan fingerprint density at radius 2 is 2.11 bits per heavy atom. The molecule has 0 aliphatic heterocycles. The van der Waals surface area contributed by atoms with Crippen LogP contribution in [-0.2, 0) is 0 Å². The van der Waals surface area contributed by atoms with Crippen molar-refractivity contribution in [3.63, 3.8) is 0 Å². The van der Waals surface area contributed by atoms with Crippen LogP contribution in [0.5, 0.6) is 0 Å². The van der Waals surface area contributed by atoms with Gasteiger partial charge in [0.1, 0.15) is 5.69 Å². The molecule has 104 valence electrons. The summed E-state index contributed by atoms with van der Waals surface area (Å²) in [6, 6.07) is 3.14. The summed E-state index contributed by atoms with van der Waals surface area (Å²) in [5.74, 6) is -0.260. The van der Waals surface area contributed by atoms with E-state index in [0.717, 1.165) is 12.8 Å². The highest BCUT2D eigenvalue weighted by atomic mass is 16.4. The molecule has 1 aromatic heterocycles. The molecule has 0 saturated heterocycles. The first-order valence-corrected chi connectivity index (χ1v) is 6.22. The molecule has 0 radical (unpaired) electrons. The highest BCUT2D eigenvalue weighted by Gasteiger charge is 2.23. The first-order chi connectivity index (χ1) is 8.95. The predicted molar refractivity (Wildman–Crippen MR) is 73.2 cm³/mol. The van der Waals surface area contributed by atoms with Crippen molar-refractivity contribution >= 4 is 11.7 Å². The summed E-state index contributed by atoms with van der Waals surface area (Å²) in [7, 11) is 0. The molecule has 6 nitrogen and oxygen atoms in total. The number of hydrogen-bond acceptors (Lipinski definition) is 4. The maximum atomic E-state index is 12.0. The first kappa shape index (κ1) is 14.9. The van der Waals surface area contributed by atoms with Gasteiger partial charge in [-0.05, 0) is 31.9 Å². The van der Waals surface area contributed by atoms with Crippen molar-refractivity contribution in [3.8, 4) is 0 Å². The number of aromatic nitrogens is 1. The number of carbonyl (C=O) groups excluding carboxylic acids is 1. The lowest BCUT2D eigenvalue weighted by Gasteiger charge is -2.27. The van der Waals surface area contributed by atoms with Crippen molar-refractivity contribution in [3.05, 3.63) is 29.6 Å². The first-order valence-electron chi connectivity index (χ1n) is 6.22. The molecular formula is C13H20N4O2. The summed E-state index contributed by atoms with van der Waals surface area (Å²) < 4.78 is 0. The number of amides is 1. The molecule has 4 N–H and O–H groups in total. The van der Waals surface area contributed by atoms with Gasteiger partial charge in [0.2, 0.25) is 0 Å². The maximum Gasteiger partial charge on any atom is 0.270 e. The zero-order valence-electron chi connectivity index (χ0n) is 11.5. The molecule has 1 amide bonds. The van der Waals surface area contributed by atoms with Crippen LogP contribution in [0.25, 0.3) is 0 Å². The van der Waals surface area contributed by atoms with Gasteiger partial charge in [0, 0.05) is 17.3 Å². The Bertz CT molecular complexity index is 464. The van der Waals surface area contributed by atoms with Gasteiger partial charge in [0.25, 0.3) is 5.91 Å². The minimum absolute atomic E-state index is 0.0357. The molecule has 1 rings (SSSR count). The van der Waals surface area contributed by atoms with E-state index in [9.17, 15) is 4.79 Å². The summed E-state index contributed by atoms with van der Waals surface area (Å²) in [5.41, 5.74) is 5.97. The van der Waals surface area contributed by atoms with Gasteiger partial charge >= 0.3 is 0 Å². The van der Waals surface area contributed by atoms with Crippen molar-refractivity contribution in [2.75, 3.05) is 0 Å². The third-order valence-electron chi connectivity index (χ3n) is 3.38. The minimum Gasteiger partial charge on any atom is -0.409 e. The molecule has 0 unspecified atom stereocenters. The van der Waals surface area contributed by atoms with Gasteiger partial charge in [0.05, 0.1) is 0 Å². The molecule has 6 heteroatoms. The Morgan fingerprint density at radius 1 is 1.47 bits per heavy atom. The van der Waals surface area contributed by atoms with Gasteiger partial charge in [-0.3, -0.25) is 9.78 Å². The van der Waals surface area contributed by atoms with Crippen LogP contribution in [-0.4, -0.2) is 27.5 Å². The van der Waals surface area contributed by atoms with Crippen LogP contribution in [0.4, 0.5) is 0 Å². The quantitative estimate of drug-likeness (QED) is 0.324. The lowest BCUT2D eigenvalue weighted by atomic mass is 9.95. The second-order valence-electron chi connectivity index (χ2n) is 4.64. The second-order valence-corrected chi connectivity index (χ2v) is 4.64. The van der Waals surface area contributed by atoms with Crippen LogP contribution < -0.4 is 11.1 Å². The van der Waals surface area contributed by atoms with E-state index in [0.29, 0.717) is 11.3 Å². The normalized spacial score (nSPS) is 12.3. The molecule has 0 atom stereocenters. The SMILES string of the molecule is CCC(C)(CC)NC(=O)c1ccc(/C(N)=N/O)cn1. The molecule has 1 heterocycles. The van der Waals surface area contributed by atoms with Crippen LogP contribution in [0.2, 0.25) is 0 Å². The van der Waals surface area contributed by atoms with E-state index < -0.39 is 0 Å². The lowest BCUT2D eigenvalue weighted by Crippen LogP contribution is -2.45. The van der Waals surface area contributed by atoms with E-state index in [1.54, 1.807) is 12.1 Å². The van der Waals surface area contributed by atoms with E-state index in [-0.39, 0.29) is 17.3 Å². The number of rotatable bonds is 5. The Labute approximate surface area is 112 Å².